The fourth-order valence-electron chi connectivity index (χ4n) is 4.25. The standard InChI is InChI=1S/C24H22FN5O2/c1-14-22-19(12-20(27-23(22)29-28-14)15-5-7-18(31)8-6-15)24(32)30-10-9-26-13-21(30)16-3-2-4-17(25)11-16/h2-8,11-12,21,26,31H,9-10,13H2,1H3,(H,27,28,29). The molecule has 2 aromatic carbocycles. The van der Waals surface area contributed by atoms with E-state index in [1.807, 2.05) is 13.0 Å². The van der Waals surface area contributed by atoms with Gasteiger partial charge in [0.1, 0.15) is 11.6 Å². The topological polar surface area (TPSA) is 94.1 Å². The number of fused-ring (bicyclic) bond motifs is 1. The maximum absolute atomic E-state index is 13.9. The Morgan fingerprint density at radius 1 is 1.19 bits per heavy atom. The number of piperazine rings is 1. The molecule has 162 valence electrons. The molecule has 1 unspecified atom stereocenters. The number of aromatic nitrogens is 3. The van der Waals surface area contributed by atoms with Gasteiger partial charge in [0.05, 0.1) is 28.4 Å². The van der Waals surface area contributed by atoms with Gasteiger partial charge in [-0.15, -0.1) is 0 Å². The third kappa shape index (κ3) is 3.58. The predicted molar refractivity (Wildman–Crippen MR) is 119 cm³/mol. The molecule has 3 N–H and O–H groups in total. The van der Waals surface area contributed by atoms with E-state index in [1.165, 1.54) is 12.1 Å². The number of carbonyl (C=O) groups is 1. The Kier molecular flexibility index (Phi) is 5.07. The highest BCUT2D eigenvalue weighted by Crippen LogP contribution is 2.31. The number of halogens is 1. The van der Waals surface area contributed by atoms with E-state index in [9.17, 15) is 14.3 Å². The van der Waals surface area contributed by atoms with Crippen molar-refractivity contribution in [3.05, 3.63) is 77.2 Å². The molecule has 7 nitrogen and oxygen atoms in total. The zero-order valence-corrected chi connectivity index (χ0v) is 17.5. The van der Waals surface area contributed by atoms with Crippen LogP contribution >= 0.6 is 0 Å². The van der Waals surface area contributed by atoms with Crippen molar-refractivity contribution in [2.75, 3.05) is 19.6 Å². The molecule has 8 heteroatoms. The highest BCUT2D eigenvalue weighted by molar-refractivity contribution is 6.07. The number of amides is 1. The molecule has 1 amide bonds. The van der Waals surface area contributed by atoms with Gasteiger partial charge in [-0.05, 0) is 55.0 Å². The van der Waals surface area contributed by atoms with Crippen molar-refractivity contribution in [1.29, 1.82) is 0 Å². The Bertz CT molecular complexity index is 1300. The molecule has 1 atom stereocenters. The molecule has 5 rings (SSSR count). The van der Waals surface area contributed by atoms with Crippen molar-refractivity contribution in [1.82, 2.24) is 25.4 Å². The lowest BCUT2D eigenvalue weighted by Gasteiger charge is -2.36. The molecule has 2 aromatic heterocycles. The lowest BCUT2D eigenvalue weighted by molar-refractivity contribution is 0.0636. The molecule has 0 bridgehead atoms. The van der Waals surface area contributed by atoms with Crippen LogP contribution in [0.15, 0.2) is 54.6 Å². The van der Waals surface area contributed by atoms with Crippen molar-refractivity contribution in [2.24, 2.45) is 0 Å². The van der Waals surface area contributed by atoms with Gasteiger partial charge in [-0.3, -0.25) is 9.89 Å². The largest absolute Gasteiger partial charge is 0.508 e. The minimum atomic E-state index is -0.327. The van der Waals surface area contributed by atoms with Gasteiger partial charge in [-0.1, -0.05) is 12.1 Å². The summed E-state index contributed by atoms with van der Waals surface area (Å²) in [7, 11) is 0. The minimum Gasteiger partial charge on any atom is -0.508 e. The monoisotopic (exact) mass is 431 g/mol. The third-order valence-corrected chi connectivity index (χ3v) is 5.84. The number of phenolic OH excluding ortho intramolecular Hbond substituents is 1. The Hall–Kier alpha value is -3.78. The number of aromatic hydroxyl groups is 1. The van der Waals surface area contributed by atoms with Crippen LogP contribution < -0.4 is 5.32 Å². The van der Waals surface area contributed by atoms with Gasteiger partial charge in [-0.2, -0.15) is 5.10 Å². The van der Waals surface area contributed by atoms with Gasteiger partial charge in [0.2, 0.25) is 0 Å². The molecule has 4 aromatic rings. The van der Waals surface area contributed by atoms with Gasteiger partial charge in [0, 0.05) is 25.2 Å². The molecular weight excluding hydrogens is 409 g/mol. The van der Waals surface area contributed by atoms with E-state index in [0.29, 0.717) is 47.6 Å². The summed E-state index contributed by atoms with van der Waals surface area (Å²) in [6.45, 7) is 3.52. The molecule has 0 radical (unpaired) electrons. The van der Waals surface area contributed by atoms with Crippen LogP contribution in [0, 0.1) is 12.7 Å². The summed E-state index contributed by atoms with van der Waals surface area (Å²) < 4.78 is 13.9. The van der Waals surface area contributed by atoms with E-state index < -0.39 is 0 Å². The quantitative estimate of drug-likeness (QED) is 0.461. The number of rotatable bonds is 3. The van der Waals surface area contributed by atoms with E-state index in [0.717, 1.165) is 11.1 Å². The number of H-pyrrole nitrogens is 1. The number of carbonyl (C=O) groups excluding carboxylic acids is 1. The van der Waals surface area contributed by atoms with E-state index in [1.54, 1.807) is 41.3 Å². The summed E-state index contributed by atoms with van der Waals surface area (Å²) in [6, 6.07) is 14.5. The molecule has 3 heterocycles. The number of aromatic amines is 1. The van der Waals surface area contributed by atoms with E-state index >= 15 is 0 Å². The highest BCUT2D eigenvalue weighted by atomic mass is 19.1. The normalized spacial score (nSPS) is 16.4. The van der Waals surface area contributed by atoms with Gasteiger partial charge in [0.15, 0.2) is 5.65 Å². The predicted octanol–water partition coefficient (Wildman–Crippen LogP) is 3.56. The Morgan fingerprint density at radius 2 is 2.00 bits per heavy atom. The first-order valence-corrected chi connectivity index (χ1v) is 10.4. The molecule has 1 aliphatic heterocycles. The van der Waals surface area contributed by atoms with E-state index in [-0.39, 0.29) is 23.5 Å². The van der Waals surface area contributed by atoms with Crippen LogP contribution in [0.4, 0.5) is 4.39 Å². The summed E-state index contributed by atoms with van der Waals surface area (Å²) >= 11 is 0. The van der Waals surface area contributed by atoms with Crippen LogP contribution in [0.1, 0.15) is 27.7 Å². The summed E-state index contributed by atoms with van der Waals surface area (Å²) in [4.78, 5) is 20.3. The van der Waals surface area contributed by atoms with Gasteiger partial charge >= 0.3 is 0 Å². The first kappa shape index (κ1) is 20.1. The zero-order chi connectivity index (χ0) is 22.2. The molecule has 0 aliphatic carbocycles. The SMILES string of the molecule is Cc1n[nH]c2nc(-c3ccc(O)cc3)cc(C(=O)N3CCNCC3c3cccc(F)c3)c12. The van der Waals surface area contributed by atoms with Crippen LogP contribution in [-0.2, 0) is 0 Å². The van der Waals surface area contributed by atoms with Gasteiger partial charge in [0.25, 0.3) is 5.91 Å². The molecule has 1 fully saturated rings. The Labute approximate surface area is 183 Å². The number of phenols is 1. The fourth-order valence-corrected chi connectivity index (χ4v) is 4.25. The van der Waals surface area contributed by atoms with Crippen molar-refractivity contribution in [3.8, 4) is 17.0 Å². The Balaban J connectivity index is 1.61. The summed E-state index contributed by atoms with van der Waals surface area (Å²) in [5.41, 5.74) is 3.82. The second kappa shape index (κ2) is 8.05. The first-order chi connectivity index (χ1) is 15.5. The average Bonchev–Trinajstić information content (AvgIpc) is 3.19. The van der Waals surface area contributed by atoms with Crippen LogP contribution in [-0.4, -0.2) is 50.7 Å². The van der Waals surface area contributed by atoms with Crippen LogP contribution in [0.3, 0.4) is 0 Å². The third-order valence-electron chi connectivity index (χ3n) is 5.84. The van der Waals surface area contributed by atoms with Crippen LogP contribution in [0.5, 0.6) is 5.75 Å². The molecule has 32 heavy (non-hydrogen) atoms. The molecule has 0 spiro atoms. The maximum atomic E-state index is 13.9. The highest BCUT2D eigenvalue weighted by Gasteiger charge is 2.31. The molecular formula is C24H22FN5O2. The van der Waals surface area contributed by atoms with Crippen molar-refractivity contribution >= 4 is 16.9 Å². The lowest BCUT2D eigenvalue weighted by Crippen LogP contribution is -2.48. The Morgan fingerprint density at radius 3 is 2.78 bits per heavy atom. The number of benzene rings is 2. The van der Waals surface area contributed by atoms with Crippen LogP contribution in [0.25, 0.3) is 22.3 Å². The smallest absolute Gasteiger partial charge is 0.255 e. The number of aryl methyl sites for hydroxylation is 1. The fraction of sp³-hybridized carbons (Fsp3) is 0.208. The number of hydrogen-bond acceptors (Lipinski definition) is 5. The maximum Gasteiger partial charge on any atom is 0.255 e. The second-order valence-electron chi connectivity index (χ2n) is 7.91. The summed E-state index contributed by atoms with van der Waals surface area (Å²) in [5.74, 6) is -0.327. The number of hydrogen-bond donors (Lipinski definition) is 3. The number of nitrogens with zero attached hydrogens (tertiary/aromatic N) is 3. The van der Waals surface area contributed by atoms with Crippen molar-refractivity contribution in [3.63, 3.8) is 0 Å². The molecule has 0 saturated carbocycles. The lowest BCUT2D eigenvalue weighted by atomic mass is 10.00. The van der Waals surface area contributed by atoms with Crippen molar-refractivity contribution in [2.45, 2.75) is 13.0 Å². The second-order valence-corrected chi connectivity index (χ2v) is 7.91. The van der Waals surface area contributed by atoms with E-state index in [2.05, 4.69) is 20.5 Å². The van der Waals surface area contributed by atoms with Crippen LogP contribution in [0.2, 0.25) is 0 Å². The summed E-state index contributed by atoms with van der Waals surface area (Å²) in [6.07, 6.45) is 0. The number of pyridine rings is 1. The van der Waals surface area contributed by atoms with Gasteiger partial charge < -0.3 is 15.3 Å². The first-order valence-electron chi connectivity index (χ1n) is 10.4. The van der Waals surface area contributed by atoms with E-state index in [4.69, 9.17) is 0 Å². The van der Waals surface area contributed by atoms with Crippen molar-refractivity contribution < 1.29 is 14.3 Å². The zero-order valence-electron chi connectivity index (χ0n) is 17.5. The molecule has 1 aliphatic rings. The molecule has 1 saturated heterocycles. The number of nitrogens with one attached hydrogen (secondary N) is 2. The summed E-state index contributed by atoms with van der Waals surface area (Å²) in [5, 5.41) is 20.8. The average molecular weight is 431 g/mol. The van der Waals surface area contributed by atoms with Gasteiger partial charge in [-0.25, -0.2) is 9.37 Å². The minimum absolute atomic E-state index is 0.155.